The summed E-state index contributed by atoms with van der Waals surface area (Å²) in [7, 11) is -4.03. The molecule has 0 amide bonds. The first-order chi connectivity index (χ1) is 8.74. The summed E-state index contributed by atoms with van der Waals surface area (Å²) in [6, 6.07) is 2.47. The van der Waals surface area contributed by atoms with Gasteiger partial charge in [-0.05, 0) is 24.1 Å². The van der Waals surface area contributed by atoms with E-state index in [4.69, 9.17) is 9.94 Å². The fourth-order valence-corrected chi connectivity index (χ4v) is 2.00. The maximum atomic E-state index is 13.1. The number of carbonyl (C=O) groups is 1. The van der Waals surface area contributed by atoms with Gasteiger partial charge in [0.05, 0.1) is 17.1 Å². The fourth-order valence-electron chi connectivity index (χ4n) is 1.16. The Balaban J connectivity index is 2.96. The van der Waals surface area contributed by atoms with Crippen LogP contribution in [0, 0.1) is 11.7 Å². The molecule has 0 aromatic heterocycles. The molecule has 0 bridgehead atoms. The summed E-state index contributed by atoms with van der Waals surface area (Å²) < 4.78 is 36.6. The maximum absolute atomic E-state index is 13.1. The lowest BCUT2D eigenvalue weighted by Gasteiger charge is -2.09. The van der Waals surface area contributed by atoms with Gasteiger partial charge in [-0.15, -0.1) is 0 Å². The van der Waals surface area contributed by atoms with Gasteiger partial charge in [-0.1, -0.05) is 18.7 Å². The highest BCUT2D eigenvalue weighted by Crippen LogP contribution is 2.15. The van der Waals surface area contributed by atoms with E-state index in [1.807, 2.05) is 18.7 Å². The predicted octanol–water partition coefficient (Wildman–Crippen LogP) is 1.39. The van der Waals surface area contributed by atoms with Crippen LogP contribution in [0.15, 0.2) is 23.1 Å². The highest BCUT2D eigenvalue weighted by Gasteiger charge is 2.19. The monoisotopic (exact) mass is 291 g/mol. The van der Waals surface area contributed by atoms with E-state index in [2.05, 4.69) is 0 Å². The van der Waals surface area contributed by atoms with Gasteiger partial charge in [-0.25, -0.2) is 17.6 Å². The van der Waals surface area contributed by atoms with Crippen molar-refractivity contribution < 1.29 is 27.5 Å². The lowest BCUT2D eigenvalue weighted by molar-refractivity contribution is 0.0691. The lowest BCUT2D eigenvalue weighted by Crippen LogP contribution is -2.26. The van der Waals surface area contributed by atoms with Crippen LogP contribution in [-0.2, 0) is 14.9 Å². The van der Waals surface area contributed by atoms with Crippen LogP contribution >= 0.6 is 0 Å². The minimum absolute atomic E-state index is 0.116. The quantitative estimate of drug-likeness (QED) is 0.773. The SMILES string of the molecule is CC(C)CONS(=O)(=O)c1ccc(F)c(C(=O)O)c1. The number of carboxylic acid groups (broad SMARTS) is 1. The number of benzene rings is 1. The maximum Gasteiger partial charge on any atom is 0.338 e. The summed E-state index contributed by atoms with van der Waals surface area (Å²) in [6.07, 6.45) is 0. The Kier molecular flexibility index (Phi) is 4.98. The number of aromatic carboxylic acids is 1. The van der Waals surface area contributed by atoms with Gasteiger partial charge in [0.25, 0.3) is 10.0 Å². The molecule has 0 atom stereocenters. The number of sulfonamides is 1. The number of nitrogens with one attached hydrogen (secondary N) is 1. The zero-order chi connectivity index (χ0) is 14.6. The fraction of sp³-hybridized carbons (Fsp3) is 0.364. The summed E-state index contributed by atoms with van der Waals surface area (Å²) in [5.74, 6) is -2.43. The molecule has 0 spiro atoms. The molecule has 0 fully saturated rings. The second-order valence-electron chi connectivity index (χ2n) is 4.24. The molecule has 0 saturated carbocycles. The molecule has 106 valence electrons. The first-order valence-corrected chi connectivity index (χ1v) is 6.89. The van der Waals surface area contributed by atoms with Crippen molar-refractivity contribution in [3.63, 3.8) is 0 Å². The molecule has 0 aliphatic heterocycles. The molecular formula is C11H14FNO5S. The van der Waals surface area contributed by atoms with Crippen molar-refractivity contribution >= 4 is 16.0 Å². The van der Waals surface area contributed by atoms with Crippen molar-refractivity contribution in [2.75, 3.05) is 6.61 Å². The molecule has 0 radical (unpaired) electrons. The van der Waals surface area contributed by atoms with Crippen LogP contribution in [0.4, 0.5) is 4.39 Å². The Morgan fingerprint density at radius 1 is 1.47 bits per heavy atom. The summed E-state index contributed by atoms with van der Waals surface area (Å²) in [5, 5.41) is 8.72. The summed E-state index contributed by atoms with van der Waals surface area (Å²) in [6.45, 7) is 3.82. The van der Waals surface area contributed by atoms with Crippen LogP contribution < -0.4 is 4.89 Å². The minimum Gasteiger partial charge on any atom is -0.478 e. The van der Waals surface area contributed by atoms with E-state index in [1.165, 1.54) is 0 Å². The number of hydrogen-bond donors (Lipinski definition) is 2. The third-order valence-electron chi connectivity index (χ3n) is 2.06. The van der Waals surface area contributed by atoms with Crippen LogP contribution in [0.3, 0.4) is 0 Å². The average Bonchev–Trinajstić information content (AvgIpc) is 2.27. The lowest BCUT2D eigenvalue weighted by atomic mass is 10.2. The van der Waals surface area contributed by atoms with Crippen molar-refractivity contribution in [1.29, 1.82) is 0 Å². The van der Waals surface area contributed by atoms with Gasteiger partial charge in [-0.2, -0.15) is 0 Å². The van der Waals surface area contributed by atoms with Crippen molar-refractivity contribution in [3.05, 3.63) is 29.6 Å². The van der Waals surface area contributed by atoms with E-state index < -0.39 is 27.4 Å². The molecule has 1 aromatic carbocycles. The van der Waals surface area contributed by atoms with E-state index in [0.29, 0.717) is 0 Å². The van der Waals surface area contributed by atoms with Crippen LogP contribution in [0.2, 0.25) is 0 Å². The molecule has 0 unspecified atom stereocenters. The summed E-state index contributed by atoms with van der Waals surface area (Å²) in [4.78, 5) is 17.0. The molecule has 8 heteroatoms. The molecule has 2 N–H and O–H groups in total. The van der Waals surface area contributed by atoms with Gasteiger partial charge in [0.15, 0.2) is 0 Å². The highest BCUT2D eigenvalue weighted by molar-refractivity contribution is 7.89. The molecule has 1 rings (SSSR count). The van der Waals surface area contributed by atoms with Crippen LogP contribution in [0.5, 0.6) is 0 Å². The molecule has 0 saturated heterocycles. The normalized spacial score (nSPS) is 11.8. The number of carboxylic acids is 1. The molecule has 0 heterocycles. The van der Waals surface area contributed by atoms with Crippen LogP contribution in [0.1, 0.15) is 24.2 Å². The zero-order valence-corrected chi connectivity index (χ0v) is 11.2. The largest absolute Gasteiger partial charge is 0.478 e. The second kappa shape index (κ2) is 6.09. The second-order valence-corrected chi connectivity index (χ2v) is 5.88. The van der Waals surface area contributed by atoms with Gasteiger partial charge in [0, 0.05) is 0 Å². The third-order valence-corrected chi connectivity index (χ3v) is 3.28. The van der Waals surface area contributed by atoms with E-state index in [1.54, 1.807) is 0 Å². The molecule has 1 aromatic rings. The van der Waals surface area contributed by atoms with Crippen molar-refractivity contribution in [3.8, 4) is 0 Å². The Hall–Kier alpha value is -1.51. The smallest absolute Gasteiger partial charge is 0.338 e. The standard InChI is InChI=1S/C11H14FNO5S/c1-7(2)6-18-13-19(16,17)8-3-4-10(12)9(5-8)11(14)15/h3-5,7,13H,6H2,1-2H3,(H,14,15). The van der Waals surface area contributed by atoms with E-state index in [0.717, 1.165) is 18.2 Å². The minimum atomic E-state index is -4.03. The van der Waals surface area contributed by atoms with E-state index in [9.17, 15) is 17.6 Å². The number of hydrogen-bond acceptors (Lipinski definition) is 4. The van der Waals surface area contributed by atoms with E-state index >= 15 is 0 Å². The van der Waals surface area contributed by atoms with Gasteiger partial charge in [0.1, 0.15) is 5.82 Å². The molecule has 6 nitrogen and oxygen atoms in total. The first-order valence-electron chi connectivity index (χ1n) is 5.40. The Morgan fingerprint density at radius 3 is 2.63 bits per heavy atom. The Morgan fingerprint density at radius 2 is 2.11 bits per heavy atom. The molecular weight excluding hydrogens is 277 g/mol. The zero-order valence-electron chi connectivity index (χ0n) is 10.4. The highest BCUT2D eigenvalue weighted by atomic mass is 32.2. The van der Waals surface area contributed by atoms with Gasteiger partial charge in [0.2, 0.25) is 0 Å². The van der Waals surface area contributed by atoms with Gasteiger partial charge < -0.3 is 5.11 Å². The van der Waals surface area contributed by atoms with Crippen molar-refractivity contribution in [2.24, 2.45) is 5.92 Å². The first kappa shape index (κ1) is 15.5. The number of rotatable bonds is 6. The molecule has 19 heavy (non-hydrogen) atoms. The topological polar surface area (TPSA) is 92.7 Å². The van der Waals surface area contributed by atoms with Crippen LogP contribution in [-0.4, -0.2) is 26.1 Å². The summed E-state index contributed by atoms with van der Waals surface area (Å²) >= 11 is 0. The third kappa shape index (κ3) is 4.27. The Labute approximate surface area is 110 Å². The van der Waals surface area contributed by atoms with Crippen molar-refractivity contribution in [2.45, 2.75) is 18.7 Å². The van der Waals surface area contributed by atoms with Gasteiger partial charge in [-0.3, -0.25) is 4.84 Å². The molecule has 0 aliphatic rings. The predicted molar refractivity (Wildman–Crippen MR) is 64.5 cm³/mol. The average molecular weight is 291 g/mol. The molecule has 0 aliphatic carbocycles. The van der Waals surface area contributed by atoms with Crippen LogP contribution in [0.25, 0.3) is 0 Å². The van der Waals surface area contributed by atoms with E-state index in [-0.39, 0.29) is 17.4 Å². The number of halogens is 1. The van der Waals surface area contributed by atoms with Gasteiger partial charge >= 0.3 is 5.97 Å². The Bertz CT molecular complexity index is 570. The summed E-state index contributed by atoms with van der Waals surface area (Å²) in [5.41, 5.74) is -0.716. The van der Waals surface area contributed by atoms with Crippen molar-refractivity contribution in [1.82, 2.24) is 4.89 Å².